The van der Waals surface area contributed by atoms with Crippen LogP contribution in [0, 0.1) is 0 Å². The van der Waals surface area contributed by atoms with Gasteiger partial charge < -0.3 is 44.2 Å². The summed E-state index contributed by atoms with van der Waals surface area (Å²) < 4.78 is 27.4. The third kappa shape index (κ3) is 6.77. The fraction of sp³-hybridized carbons (Fsp3) is 0.375. The molecule has 0 radical (unpaired) electrons. The Bertz CT molecular complexity index is 1120. The summed E-state index contributed by atoms with van der Waals surface area (Å²) >= 11 is 0. The Balaban J connectivity index is 1.46. The Hall–Kier alpha value is -3.47. The molecular formula is C24H30N2O8. The maximum absolute atomic E-state index is 11.7. The summed E-state index contributed by atoms with van der Waals surface area (Å²) in [6.45, 7) is 1.24. The Morgan fingerprint density at radius 3 is 2.44 bits per heavy atom. The molecule has 1 heterocycles. The molecule has 1 unspecified atom stereocenters. The second-order valence-electron chi connectivity index (χ2n) is 7.28. The van der Waals surface area contributed by atoms with Gasteiger partial charge in [0.15, 0.2) is 11.5 Å². The summed E-state index contributed by atoms with van der Waals surface area (Å²) in [6, 6.07) is 11.7. The normalized spacial score (nSPS) is 11.8. The number of nitrogens with one attached hydrogen (secondary N) is 2. The molecule has 4 N–H and O–H groups in total. The first-order valence-corrected chi connectivity index (χ1v) is 10.8. The van der Waals surface area contributed by atoms with Gasteiger partial charge in [-0.3, -0.25) is 4.79 Å². The van der Waals surface area contributed by atoms with Crippen molar-refractivity contribution in [2.24, 2.45) is 0 Å². The summed E-state index contributed by atoms with van der Waals surface area (Å²) in [5.74, 6) is 2.80. The molecule has 0 fully saturated rings. The largest absolute Gasteiger partial charge is 0.493 e. The van der Waals surface area contributed by atoms with E-state index in [-0.39, 0.29) is 25.4 Å². The maximum atomic E-state index is 11.7. The highest BCUT2D eigenvalue weighted by Gasteiger charge is 2.12. The topological polar surface area (TPSA) is 132 Å². The van der Waals surface area contributed by atoms with Crippen molar-refractivity contribution >= 4 is 10.9 Å². The Kier molecular flexibility index (Phi) is 9.39. The molecule has 3 rings (SSSR count). The van der Waals surface area contributed by atoms with Crippen LogP contribution in [0.3, 0.4) is 0 Å². The van der Waals surface area contributed by atoms with Crippen LogP contribution in [0.2, 0.25) is 0 Å². The van der Waals surface area contributed by atoms with E-state index in [4.69, 9.17) is 28.8 Å². The predicted octanol–water partition coefficient (Wildman–Crippen LogP) is 1.32. The van der Waals surface area contributed by atoms with Gasteiger partial charge in [0.2, 0.25) is 5.56 Å². The van der Waals surface area contributed by atoms with Gasteiger partial charge >= 0.3 is 0 Å². The molecule has 0 saturated carbocycles. The molecule has 1 atom stereocenters. The number of benzene rings is 2. The first kappa shape index (κ1) is 25.2. The van der Waals surface area contributed by atoms with Gasteiger partial charge in [0.25, 0.3) is 0 Å². The summed E-state index contributed by atoms with van der Waals surface area (Å²) in [5.41, 5.74) is 0.191. The molecule has 10 heteroatoms. The second-order valence-corrected chi connectivity index (χ2v) is 7.28. The number of pyridine rings is 1. The van der Waals surface area contributed by atoms with Crippen LogP contribution in [0.15, 0.2) is 47.3 Å². The first-order chi connectivity index (χ1) is 16.5. The van der Waals surface area contributed by atoms with Crippen molar-refractivity contribution in [3.63, 3.8) is 0 Å². The van der Waals surface area contributed by atoms with Gasteiger partial charge in [-0.05, 0) is 30.3 Å². The number of aliphatic hydroxyl groups excluding tert-OH is 2. The van der Waals surface area contributed by atoms with Crippen LogP contribution < -0.4 is 34.6 Å². The monoisotopic (exact) mass is 474 g/mol. The van der Waals surface area contributed by atoms with Crippen LogP contribution in [-0.2, 0) is 0 Å². The zero-order chi connectivity index (χ0) is 24.3. The van der Waals surface area contributed by atoms with Gasteiger partial charge in [0, 0.05) is 30.6 Å². The summed E-state index contributed by atoms with van der Waals surface area (Å²) in [4.78, 5) is 14.5. The van der Waals surface area contributed by atoms with E-state index in [0.29, 0.717) is 59.3 Å². The van der Waals surface area contributed by atoms with Crippen LogP contribution in [0.1, 0.15) is 0 Å². The van der Waals surface area contributed by atoms with Gasteiger partial charge in [0.05, 0.1) is 26.3 Å². The summed E-state index contributed by atoms with van der Waals surface area (Å²) in [5, 5.41) is 23.0. The third-order valence-electron chi connectivity index (χ3n) is 4.88. The smallest absolute Gasteiger partial charge is 0.248 e. The lowest BCUT2D eigenvalue weighted by Gasteiger charge is -2.16. The van der Waals surface area contributed by atoms with Crippen LogP contribution in [0.5, 0.6) is 28.7 Å². The van der Waals surface area contributed by atoms with Crippen molar-refractivity contribution in [3.05, 3.63) is 52.8 Å². The molecule has 34 heavy (non-hydrogen) atoms. The lowest BCUT2D eigenvalue weighted by Crippen LogP contribution is -2.33. The number of rotatable bonds is 14. The summed E-state index contributed by atoms with van der Waals surface area (Å²) in [6.07, 6.45) is -0.760. The SMILES string of the molecule is COc1ccc(OCCNCC(O)COc2ccc(OCCO)c3[nH]c(=O)ccc23)cc1OC. The van der Waals surface area contributed by atoms with Crippen molar-refractivity contribution < 1.29 is 33.9 Å². The molecule has 3 aromatic rings. The maximum Gasteiger partial charge on any atom is 0.248 e. The highest BCUT2D eigenvalue weighted by atomic mass is 16.5. The van der Waals surface area contributed by atoms with E-state index >= 15 is 0 Å². The molecule has 0 aliphatic heterocycles. The molecule has 1 aromatic heterocycles. The van der Waals surface area contributed by atoms with Crippen molar-refractivity contribution in [3.8, 4) is 28.7 Å². The highest BCUT2D eigenvalue weighted by Crippen LogP contribution is 2.31. The Morgan fingerprint density at radius 1 is 0.912 bits per heavy atom. The van der Waals surface area contributed by atoms with Gasteiger partial charge in [0.1, 0.15) is 43.2 Å². The van der Waals surface area contributed by atoms with Gasteiger partial charge in [-0.1, -0.05) is 0 Å². The molecule has 0 bridgehead atoms. The highest BCUT2D eigenvalue weighted by molar-refractivity contribution is 5.89. The summed E-state index contributed by atoms with van der Waals surface area (Å²) in [7, 11) is 3.14. The fourth-order valence-corrected chi connectivity index (χ4v) is 3.26. The number of hydrogen-bond donors (Lipinski definition) is 4. The molecule has 0 spiro atoms. The van der Waals surface area contributed by atoms with Crippen molar-refractivity contribution in [2.75, 3.05) is 53.7 Å². The Labute approximate surface area is 197 Å². The van der Waals surface area contributed by atoms with E-state index in [2.05, 4.69) is 10.3 Å². The molecular weight excluding hydrogens is 444 g/mol. The average Bonchev–Trinajstić information content (AvgIpc) is 2.85. The molecule has 2 aromatic carbocycles. The van der Waals surface area contributed by atoms with Gasteiger partial charge in [-0.15, -0.1) is 0 Å². The number of ether oxygens (including phenoxy) is 5. The number of aromatic amines is 1. The zero-order valence-corrected chi connectivity index (χ0v) is 19.2. The van der Waals surface area contributed by atoms with Crippen LogP contribution >= 0.6 is 0 Å². The lowest BCUT2D eigenvalue weighted by atomic mass is 10.2. The van der Waals surface area contributed by atoms with Crippen LogP contribution in [0.4, 0.5) is 0 Å². The predicted molar refractivity (Wildman–Crippen MR) is 127 cm³/mol. The van der Waals surface area contributed by atoms with E-state index in [9.17, 15) is 9.90 Å². The second kappa shape index (κ2) is 12.7. The van der Waals surface area contributed by atoms with Crippen molar-refractivity contribution in [2.45, 2.75) is 6.10 Å². The van der Waals surface area contributed by atoms with E-state index in [1.807, 2.05) is 0 Å². The number of fused-ring (bicyclic) bond motifs is 1. The first-order valence-electron chi connectivity index (χ1n) is 10.8. The molecule has 0 amide bonds. The Morgan fingerprint density at radius 2 is 1.68 bits per heavy atom. The van der Waals surface area contributed by atoms with Gasteiger partial charge in [-0.2, -0.15) is 0 Å². The fourth-order valence-electron chi connectivity index (χ4n) is 3.26. The van der Waals surface area contributed by atoms with E-state index in [0.717, 1.165) is 0 Å². The third-order valence-corrected chi connectivity index (χ3v) is 4.88. The number of aromatic nitrogens is 1. The number of H-pyrrole nitrogens is 1. The number of aliphatic hydroxyl groups is 2. The minimum absolute atomic E-state index is 0.0502. The van der Waals surface area contributed by atoms with Crippen LogP contribution in [0.25, 0.3) is 10.9 Å². The quantitative estimate of drug-likeness (QED) is 0.256. The zero-order valence-electron chi connectivity index (χ0n) is 19.2. The minimum atomic E-state index is -0.760. The van der Waals surface area contributed by atoms with E-state index in [1.165, 1.54) is 6.07 Å². The van der Waals surface area contributed by atoms with Crippen molar-refractivity contribution in [1.29, 1.82) is 0 Å². The lowest BCUT2D eigenvalue weighted by molar-refractivity contribution is 0.106. The molecule has 0 aliphatic rings. The van der Waals surface area contributed by atoms with Crippen molar-refractivity contribution in [1.82, 2.24) is 10.3 Å². The molecule has 0 saturated heterocycles. The average molecular weight is 475 g/mol. The number of hydrogen-bond acceptors (Lipinski definition) is 9. The molecule has 0 aliphatic carbocycles. The molecule has 10 nitrogen and oxygen atoms in total. The van der Waals surface area contributed by atoms with Crippen LogP contribution in [-0.4, -0.2) is 75.0 Å². The standard InChI is InChI=1S/C24H30N2O8/c1-30-20-5-3-17(13-22(20)31-2)32-11-9-25-14-16(28)15-34-19-6-7-21(33-12-10-27)24-18(19)4-8-23(29)26-24/h3-8,13,16,25,27-28H,9-12,14-15H2,1-2H3,(H,26,29). The van der Waals surface area contributed by atoms with Gasteiger partial charge in [-0.25, -0.2) is 0 Å². The van der Waals surface area contributed by atoms with E-state index < -0.39 is 6.10 Å². The minimum Gasteiger partial charge on any atom is -0.493 e. The molecule has 184 valence electrons. The number of methoxy groups -OCH3 is 2. The van der Waals surface area contributed by atoms with E-state index in [1.54, 1.807) is 50.6 Å².